The van der Waals surface area contributed by atoms with E-state index in [1.165, 1.54) is 0 Å². The summed E-state index contributed by atoms with van der Waals surface area (Å²) in [5, 5.41) is 0. The van der Waals surface area contributed by atoms with Gasteiger partial charge in [-0.2, -0.15) is 0 Å². The average molecular weight is 225 g/mol. The summed E-state index contributed by atoms with van der Waals surface area (Å²) < 4.78 is 40.1. The Bertz CT molecular complexity index is 222. The van der Waals surface area contributed by atoms with E-state index < -0.39 is 12.5 Å². The van der Waals surface area contributed by atoms with Crippen LogP contribution in [0.4, 0.5) is 13.2 Å². The minimum absolute atomic E-state index is 0.108. The SMILES string of the molecule is C[C@@H]1CC(OC(F)(F)F)CN1C(C)(C)C. The third-order valence-corrected chi connectivity index (χ3v) is 2.70. The monoisotopic (exact) mass is 225 g/mol. The molecular weight excluding hydrogens is 207 g/mol. The molecule has 0 radical (unpaired) electrons. The van der Waals surface area contributed by atoms with Crippen molar-refractivity contribution in [3.05, 3.63) is 0 Å². The number of alkyl halides is 3. The van der Waals surface area contributed by atoms with Gasteiger partial charge in [-0.15, -0.1) is 13.2 Å². The van der Waals surface area contributed by atoms with Crippen molar-refractivity contribution in [1.82, 2.24) is 4.90 Å². The molecule has 0 spiro atoms. The fourth-order valence-electron chi connectivity index (χ4n) is 2.19. The summed E-state index contributed by atoms with van der Waals surface area (Å²) in [6.07, 6.45) is -4.80. The summed E-state index contributed by atoms with van der Waals surface area (Å²) in [5.41, 5.74) is -0.108. The molecule has 90 valence electrons. The van der Waals surface area contributed by atoms with E-state index in [2.05, 4.69) is 4.74 Å². The van der Waals surface area contributed by atoms with Crippen molar-refractivity contribution >= 4 is 0 Å². The normalized spacial score (nSPS) is 29.8. The van der Waals surface area contributed by atoms with Gasteiger partial charge in [-0.25, -0.2) is 0 Å². The lowest BCUT2D eigenvalue weighted by molar-refractivity contribution is -0.340. The summed E-state index contributed by atoms with van der Waals surface area (Å²) in [6, 6.07) is 0.136. The van der Waals surface area contributed by atoms with Gasteiger partial charge in [-0.3, -0.25) is 9.64 Å². The molecule has 1 aliphatic heterocycles. The minimum atomic E-state index is -4.52. The van der Waals surface area contributed by atoms with Gasteiger partial charge in [-0.1, -0.05) is 0 Å². The zero-order valence-electron chi connectivity index (χ0n) is 9.56. The number of rotatable bonds is 1. The van der Waals surface area contributed by atoms with Crippen molar-refractivity contribution in [1.29, 1.82) is 0 Å². The fourth-order valence-corrected chi connectivity index (χ4v) is 2.19. The predicted octanol–water partition coefficient (Wildman–Crippen LogP) is 2.78. The fraction of sp³-hybridized carbons (Fsp3) is 1.00. The lowest BCUT2D eigenvalue weighted by Gasteiger charge is -2.35. The summed E-state index contributed by atoms with van der Waals surface area (Å²) in [6.45, 7) is 8.29. The van der Waals surface area contributed by atoms with Crippen molar-refractivity contribution in [2.24, 2.45) is 0 Å². The Balaban J connectivity index is 2.57. The molecule has 1 saturated heterocycles. The Kier molecular flexibility index (Phi) is 3.36. The lowest BCUT2D eigenvalue weighted by Crippen LogP contribution is -2.44. The van der Waals surface area contributed by atoms with E-state index in [-0.39, 0.29) is 11.6 Å². The van der Waals surface area contributed by atoms with Crippen LogP contribution >= 0.6 is 0 Å². The van der Waals surface area contributed by atoms with Gasteiger partial charge >= 0.3 is 6.36 Å². The molecule has 1 fully saturated rings. The second-order valence-electron chi connectivity index (χ2n) is 5.09. The van der Waals surface area contributed by atoms with Crippen molar-refractivity contribution in [3.8, 4) is 0 Å². The van der Waals surface area contributed by atoms with Crippen LogP contribution in [-0.2, 0) is 4.74 Å². The number of hydrogen-bond acceptors (Lipinski definition) is 2. The van der Waals surface area contributed by atoms with Crippen LogP contribution in [0.25, 0.3) is 0 Å². The molecule has 5 heteroatoms. The quantitative estimate of drug-likeness (QED) is 0.680. The zero-order chi connectivity index (χ0) is 11.9. The molecule has 2 atom stereocenters. The van der Waals surface area contributed by atoms with Crippen LogP contribution in [0.3, 0.4) is 0 Å². The molecule has 0 bridgehead atoms. The molecule has 0 aromatic heterocycles. The van der Waals surface area contributed by atoms with Gasteiger partial charge in [0.05, 0.1) is 6.10 Å². The molecule has 1 aliphatic rings. The number of likely N-dealkylation sites (tertiary alicyclic amines) is 1. The Morgan fingerprint density at radius 2 is 1.73 bits per heavy atom. The molecule has 0 aromatic carbocycles. The minimum Gasteiger partial charge on any atom is -0.293 e. The standard InChI is InChI=1S/C10H18F3NO/c1-7-5-8(15-10(11,12)13)6-14(7)9(2,3)4/h7-8H,5-6H2,1-4H3/t7-,8?/m1/s1. The second kappa shape index (κ2) is 3.94. The highest BCUT2D eigenvalue weighted by Crippen LogP contribution is 2.31. The molecule has 0 amide bonds. The van der Waals surface area contributed by atoms with E-state index in [0.717, 1.165) is 0 Å². The number of halogens is 3. The van der Waals surface area contributed by atoms with E-state index in [1.54, 1.807) is 0 Å². The molecule has 0 aromatic rings. The van der Waals surface area contributed by atoms with Gasteiger partial charge in [0.2, 0.25) is 0 Å². The van der Waals surface area contributed by atoms with Crippen LogP contribution in [0.15, 0.2) is 0 Å². The van der Waals surface area contributed by atoms with Crippen LogP contribution < -0.4 is 0 Å². The maximum atomic E-state index is 12.0. The highest BCUT2D eigenvalue weighted by molar-refractivity contribution is 4.90. The maximum absolute atomic E-state index is 12.0. The molecule has 2 nitrogen and oxygen atoms in total. The predicted molar refractivity (Wildman–Crippen MR) is 51.5 cm³/mol. The van der Waals surface area contributed by atoms with E-state index in [9.17, 15) is 13.2 Å². The van der Waals surface area contributed by atoms with Crippen molar-refractivity contribution < 1.29 is 17.9 Å². The lowest BCUT2D eigenvalue weighted by atomic mass is 10.1. The molecule has 0 N–H and O–H groups in total. The van der Waals surface area contributed by atoms with Crippen LogP contribution in [0, 0.1) is 0 Å². The summed E-state index contributed by atoms with van der Waals surface area (Å²) in [4.78, 5) is 2.05. The Morgan fingerprint density at radius 1 is 1.20 bits per heavy atom. The first kappa shape index (κ1) is 12.8. The average Bonchev–Trinajstić information content (AvgIpc) is 2.25. The van der Waals surface area contributed by atoms with Crippen molar-refractivity contribution in [2.45, 2.75) is 58.2 Å². The smallest absolute Gasteiger partial charge is 0.293 e. The third kappa shape index (κ3) is 3.65. The van der Waals surface area contributed by atoms with Crippen molar-refractivity contribution in [3.63, 3.8) is 0 Å². The number of hydrogen-bond donors (Lipinski definition) is 0. The van der Waals surface area contributed by atoms with Crippen LogP contribution in [0.1, 0.15) is 34.1 Å². The Morgan fingerprint density at radius 3 is 2.07 bits per heavy atom. The molecule has 1 heterocycles. The van der Waals surface area contributed by atoms with Crippen LogP contribution in [0.2, 0.25) is 0 Å². The first-order chi connectivity index (χ1) is 6.59. The largest absolute Gasteiger partial charge is 0.522 e. The molecule has 0 saturated carbocycles. The second-order valence-corrected chi connectivity index (χ2v) is 5.09. The van der Waals surface area contributed by atoms with E-state index in [0.29, 0.717) is 13.0 Å². The van der Waals surface area contributed by atoms with Gasteiger partial charge < -0.3 is 0 Å². The zero-order valence-corrected chi connectivity index (χ0v) is 9.56. The van der Waals surface area contributed by atoms with E-state index in [4.69, 9.17) is 0 Å². The maximum Gasteiger partial charge on any atom is 0.522 e. The molecular formula is C10H18F3NO. The molecule has 1 rings (SSSR count). The molecule has 0 aliphatic carbocycles. The van der Waals surface area contributed by atoms with Gasteiger partial charge in [0.1, 0.15) is 0 Å². The summed E-state index contributed by atoms with van der Waals surface area (Å²) in [5.74, 6) is 0. The third-order valence-electron chi connectivity index (χ3n) is 2.70. The Hall–Kier alpha value is -0.290. The molecule has 15 heavy (non-hydrogen) atoms. The van der Waals surface area contributed by atoms with E-state index >= 15 is 0 Å². The first-order valence-electron chi connectivity index (χ1n) is 5.11. The van der Waals surface area contributed by atoms with Gasteiger partial charge in [0, 0.05) is 18.1 Å². The number of nitrogens with zero attached hydrogens (tertiary/aromatic N) is 1. The highest BCUT2D eigenvalue weighted by atomic mass is 19.4. The van der Waals surface area contributed by atoms with Crippen LogP contribution in [0.5, 0.6) is 0 Å². The highest BCUT2D eigenvalue weighted by Gasteiger charge is 2.41. The first-order valence-corrected chi connectivity index (χ1v) is 5.11. The van der Waals surface area contributed by atoms with E-state index in [1.807, 2.05) is 32.6 Å². The molecule has 1 unspecified atom stereocenters. The van der Waals surface area contributed by atoms with Gasteiger partial charge in [0.25, 0.3) is 0 Å². The van der Waals surface area contributed by atoms with Crippen LogP contribution in [-0.4, -0.2) is 35.5 Å². The Labute approximate surface area is 88.4 Å². The number of ether oxygens (including phenoxy) is 1. The van der Waals surface area contributed by atoms with Gasteiger partial charge in [-0.05, 0) is 34.1 Å². The summed E-state index contributed by atoms with van der Waals surface area (Å²) >= 11 is 0. The van der Waals surface area contributed by atoms with Gasteiger partial charge in [0.15, 0.2) is 0 Å². The topological polar surface area (TPSA) is 12.5 Å². The summed E-state index contributed by atoms with van der Waals surface area (Å²) in [7, 11) is 0. The van der Waals surface area contributed by atoms with Crippen molar-refractivity contribution in [2.75, 3.05) is 6.54 Å².